The minimum absolute atomic E-state index is 0.0752. The van der Waals surface area contributed by atoms with E-state index in [1.807, 2.05) is 36.4 Å². The molecular formula is C26H30N2O5. The van der Waals surface area contributed by atoms with Crippen LogP contribution >= 0.6 is 0 Å². The number of carboxylic acids is 1. The van der Waals surface area contributed by atoms with Gasteiger partial charge in [0.1, 0.15) is 18.2 Å². The number of alkyl carbamates (subject to hydrolysis) is 1. The standard InChI is InChI=1S/C26H30N2O5/c1-16(2)22(23(29)30)27-24(31)26(13-7-8-14-26)28-25(32)33-15-21-19-11-5-3-9-17(19)18-10-4-6-12-20(18)21/h3-6,9-12,16,21-22H,7-8,13-15H2,1-2H3,(H,27,31)(H,28,32)(H,29,30). The van der Waals surface area contributed by atoms with Gasteiger partial charge in [0.15, 0.2) is 0 Å². The van der Waals surface area contributed by atoms with Crippen molar-refractivity contribution in [1.29, 1.82) is 0 Å². The SMILES string of the molecule is CC(C)C(NC(=O)C1(NC(=O)OCC2c3ccccc3-c3ccccc32)CCCC1)C(=O)O. The molecule has 0 bridgehead atoms. The van der Waals surface area contributed by atoms with E-state index in [9.17, 15) is 19.5 Å². The molecule has 0 radical (unpaired) electrons. The van der Waals surface area contributed by atoms with Crippen LogP contribution in [0, 0.1) is 5.92 Å². The summed E-state index contributed by atoms with van der Waals surface area (Å²) in [5.74, 6) is -1.91. The molecule has 2 aromatic rings. The highest BCUT2D eigenvalue weighted by Gasteiger charge is 2.44. The zero-order chi connectivity index (χ0) is 23.6. The van der Waals surface area contributed by atoms with Crippen LogP contribution in [-0.2, 0) is 14.3 Å². The number of carbonyl (C=O) groups is 3. The van der Waals surface area contributed by atoms with Gasteiger partial charge in [-0.1, -0.05) is 75.2 Å². The summed E-state index contributed by atoms with van der Waals surface area (Å²) in [4.78, 5) is 37.4. The molecule has 0 saturated heterocycles. The molecule has 1 unspecified atom stereocenters. The zero-order valence-electron chi connectivity index (χ0n) is 19.0. The fraction of sp³-hybridized carbons (Fsp3) is 0.423. The maximum Gasteiger partial charge on any atom is 0.408 e. The Bertz CT molecular complexity index is 1010. The van der Waals surface area contributed by atoms with Gasteiger partial charge in [0, 0.05) is 5.92 Å². The second-order valence-electron chi connectivity index (χ2n) is 9.27. The van der Waals surface area contributed by atoms with Crippen LogP contribution in [0.15, 0.2) is 48.5 Å². The Morgan fingerprint density at radius 2 is 1.55 bits per heavy atom. The molecule has 7 nitrogen and oxygen atoms in total. The fourth-order valence-corrected chi connectivity index (χ4v) is 5.01. The minimum atomic E-state index is -1.15. The Labute approximate surface area is 193 Å². The van der Waals surface area contributed by atoms with E-state index in [1.165, 1.54) is 0 Å². The van der Waals surface area contributed by atoms with E-state index in [-0.39, 0.29) is 18.4 Å². The van der Waals surface area contributed by atoms with Crippen LogP contribution in [0.3, 0.4) is 0 Å². The van der Waals surface area contributed by atoms with Crippen molar-refractivity contribution >= 4 is 18.0 Å². The van der Waals surface area contributed by atoms with Crippen molar-refractivity contribution in [2.45, 2.75) is 57.0 Å². The molecule has 0 spiro atoms. The summed E-state index contributed by atoms with van der Waals surface area (Å²) >= 11 is 0. The second-order valence-corrected chi connectivity index (χ2v) is 9.27. The van der Waals surface area contributed by atoms with Gasteiger partial charge in [0.25, 0.3) is 0 Å². The molecule has 1 fully saturated rings. The normalized spacial score (nSPS) is 17.2. The van der Waals surface area contributed by atoms with Crippen molar-refractivity contribution in [1.82, 2.24) is 10.6 Å². The predicted octanol–water partition coefficient (Wildman–Crippen LogP) is 4.06. The van der Waals surface area contributed by atoms with E-state index in [4.69, 9.17) is 4.74 Å². The summed E-state index contributed by atoms with van der Waals surface area (Å²) in [6.45, 7) is 3.63. The molecule has 1 saturated carbocycles. The lowest BCUT2D eigenvalue weighted by molar-refractivity contribution is -0.144. The average Bonchev–Trinajstić information content (AvgIpc) is 3.39. The number of carbonyl (C=O) groups excluding carboxylic acids is 2. The number of nitrogens with one attached hydrogen (secondary N) is 2. The fourth-order valence-electron chi connectivity index (χ4n) is 5.01. The van der Waals surface area contributed by atoms with Crippen LogP contribution in [0.1, 0.15) is 56.6 Å². The molecule has 2 aliphatic carbocycles. The molecule has 3 N–H and O–H groups in total. The molecular weight excluding hydrogens is 420 g/mol. The van der Waals surface area contributed by atoms with Gasteiger partial charge in [-0.2, -0.15) is 0 Å². The van der Waals surface area contributed by atoms with Crippen LogP contribution in [0.5, 0.6) is 0 Å². The molecule has 0 aliphatic heterocycles. The second kappa shape index (κ2) is 9.25. The lowest BCUT2D eigenvalue weighted by Gasteiger charge is -2.31. The van der Waals surface area contributed by atoms with Gasteiger partial charge in [-0.15, -0.1) is 0 Å². The van der Waals surface area contributed by atoms with E-state index < -0.39 is 29.6 Å². The van der Waals surface area contributed by atoms with Gasteiger partial charge in [-0.25, -0.2) is 9.59 Å². The van der Waals surface area contributed by atoms with Gasteiger partial charge < -0.3 is 20.5 Å². The highest BCUT2D eigenvalue weighted by Crippen LogP contribution is 2.44. The Kier molecular flexibility index (Phi) is 6.40. The molecule has 2 aliphatic rings. The molecule has 33 heavy (non-hydrogen) atoms. The maximum atomic E-state index is 13.1. The lowest BCUT2D eigenvalue weighted by atomic mass is 9.94. The number of hydrogen-bond donors (Lipinski definition) is 3. The van der Waals surface area contributed by atoms with Crippen molar-refractivity contribution in [3.8, 4) is 11.1 Å². The quantitative estimate of drug-likeness (QED) is 0.590. The summed E-state index contributed by atoms with van der Waals surface area (Å²) in [6.07, 6.45) is 1.79. The Morgan fingerprint density at radius 3 is 2.06 bits per heavy atom. The number of ether oxygens (including phenoxy) is 1. The van der Waals surface area contributed by atoms with E-state index in [1.54, 1.807) is 13.8 Å². The summed E-state index contributed by atoms with van der Waals surface area (Å²) in [7, 11) is 0. The van der Waals surface area contributed by atoms with Gasteiger partial charge in [0.05, 0.1) is 0 Å². The van der Waals surface area contributed by atoms with Crippen LogP contribution in [0.25, 0.3) is 11.1 Å². The highest BCUT2D eigenvalue weighted by atomic mass is 16.5. The molecule has 2 aromatic carbocycles. The first-order valence-corrected chi connectivity index (χ1v) is 11.5. The largest absolute Gasteiger partial charge is 0.480 e. The van der Waals surface area contributed by atoms with Crippen LogP contribution in [0.4, 0.5) is 4.79 Å². The summed E-state index contributed by atoms with van der Waals surface area (Å²) in [5.41, 5.74) is 3.36. The smallest absolute Gasteiger partial charge is 0.408 e. The van der Waals surface area contributed by atoms with E-state index in [2.05, 4.69) is 22.8 Å². The van der Waals surface area contributed by atoms with Crippen LogP contribution < -0.4 is 10.6 Å². The number of amides is 2. The highest BCUT2D eigenvalue weighted by molar-refractivity contribution is 5.93. The van der Waals surface area contributed by atoms with Crippen LogP contribution in [0.2, 0.25) is 0 Å². The third kappa shape index (κ3) is 4.45. The molecule has 174 valence electrons. The minimum Gasteiger partial charge on any atom is -0.480 e. The lowest BCUT2D eigenvalue weighted by Crippen LogP contribution is -2.60. The Hall–Kier alpha value is -3.35. The monoisotopic (exact) mass is 450 g/mol. The number of aliphatic carboxylic acids is 1. The molecule has 4 rings (SSSR count). The number of rotatable bonds is 7. The first-order chi connectivity index (χ1) is 15.8. The van der Waals surface area contributed by atoms with Crippen LogP contribution in [-0.4, -0.2) is 41.3 Å². The third-order valence-electron chi connectivity index (χ3n) is 6.80. The molecule has 0 aromatic heterocycles. The number of hydrogen-bond acceptors (Lipinski definition) is 4. The molecule has 2 amide bonds. The number of carboxylic acid groups (broad SMARTS) is 1. The van der Waals surface area contributed by atoms with Crippen molar-refractivity contribution in [3.05, 3.63) is 59.7 Å². The van der Waals surface area contributed by atoms with Crippen molar-refractivity contribution in [2.75, 3.05) is 6.61 Å². The number of benzene rings is 2. The van der Waals surface area contributed by atoms with Gasteiger partial charge >= 0.3 is 12.1 Å². The molecule has 0 heterocycles. The van der Waals surface area contributed by atoms with E-state index in [0.29, 0.717) is 12.8 Å². The third-order valence-corrected chi connectivity index (χ3v) is 6.80. The van der Waals surface area contributed by atoms with Gasteiger partial charge in [-0.3, -0.25) is 4.79 Å². The summed E-state index contributed by atoms with van der Waals surface area (Å²) < 4.78 is 5.63. The Morgan fingerprint density at radius 1 is 1.00 bits per heavy atom. The van der Waals surface area contributed by atoms with Crippen molar-refractivity contribution in [3.63, 3.8) is 0 Å². The summed E-state index contributed by atoms with van der Waals surface area (Å²) in [5, 5.41) is 14.8. The van der Waals surface area contributed by atoms with Gasteiger partial charge in [0.2, 0.25) is 5.91 Å². The van der Waals surface area contributed by atoms with E-state index >= 15 is 0 Å². The average molecular weight is 451 g/mol. The van der Waals surface area contributed by atoms with Crippen molar-refractivity contribution in [2.24, 2.45) is 5.92 Å². The molecule has 1 atom stereocenters. The van der Waals surface area contributed by atoms with E-state index in [0.717, 1.165) is 35.1 Å². The summed E-state index contributed by atoms with van der Waals surface area (Å²) in [6, 6.07) is 15.2. The molecule has 7 heteroatoms. The number of fused-ring (bicyclic) bond motifs is 3. The van der Waals surface area contributed by atoms with Gasteiger partial charge in [-0.05, 0) is 41.0 Å². The maximum absolute atomic E-state index is 13.1. The first kappa shape index (κ1) is 22.8. The first-order valence-electron chi connectivity index (χ1n) is 11.5. The predicted molar refractivity (Wildman–Crippen MR) is 124 cm³/mol. The Balaban J connectivity index is 1.45. The zero-order valence-corrected chi connectivity index (χ0v) is 19.0. The topological polar surface area (TPSA) is 105 Å². The van der Waals surface area contributed by atoms with Crippen molar-refractivity contribution < 1.29 is 24.2 Å².